The van der Waals surface area contributed by atoms with Crippen LogP contribution in [0, 0.1) is 0 Å². The van der Waals surface area contributed by atoms with E-state index in [-0.39, 0.29) is 0 Å². The summed E-state index contributed by atoms with van der Waals surface area (Å²) >= 11 is 2.01. The molecule has 2 nitrogen and oxygen atoms in total. The third-order valence-corrected chi connectivity index (χ3v) is 5.42. The summed E-state index contributed by atoms with van der Waals surface area (Å²) < 4.78 is 0. The van der Waals surface area contributed by atoms with E-state index in [1.807, 2.05) is 11.3 Å². The van der Waals surface area contributed by atoms with Gasteiger partial charge >= 0.3 is 0 Å². The van der Waals surface area contributed by atoms with Gasteiger partial charge in [0.1, 0.15) is 0 Å². The zero-order chi connectivity index (χ0) is 11.7. The molecular weight excluding hydrogens is 228 g/mol. The predicted octanol–water partition coefficient (Wildman–Crippen LogP) is 3.79. The monoisotopic (exact) mass is 250 g/mol. The van der Waals surface area contributed by atoms with Gasteiger partial charge in [-0.2, -0.15) is 0 Å². The molecule has 0 spiro atoms. The minimum atomic E-state index is 0.537. The Morgan fingerprint density at radius 1 is 1.24 bits per heavy atom. The summed E-state index contributed by atoms with van der Waals surface area (Å²) in [5.41, 5.74) is 1.39. The lowest BCUT2D eigenvalue weighted by atomic mass is 9.97. The number of aromatic nitrogens is 1. The average molecular weight is 250 g/mol. The van der Waals surface area contributed by atoms with E-state index in [2.05, 4.69) is 12.2 Å². The second-order valence-electron chi connectivity index (χ2n) is 5.34. The second-order valence-corrected chi connectivity index (χ2v) is 6.46. The van der Waals surface area contributed by atoms with Crippen molar-refractivity contribution in [1.82, 2.24) is 10.3 Å². The maximum Gasteiger partial charge on any atom is 0.0962 e. The van der Waals surface area contributed by atoms with Crippen molar-refractivity contribution in [2.45, 2.75) is 63.8 Å². The molecule has 2 aliphatic carbocycles. The van der Waals surface area contributed by atoms with Crippen LogP contribution in [0.3, 0.4) is 0 Å². The Kier molecular flexibility index (Phi) is 3.48. The first-order chi connectivity index (χ1) is 8.38. The lowest BCUT2D eigenvalue weighted by Crippen LogP contribution is -2.24. The Morgan fingerprint density at radius 2 is 2.06 bits per heavy atom. The van der Waals surface area contributed by atoms with Crippen molar-refractivity contribution in [3.63, 3.8) is 0 Å². The van der Waals surface area contributed by atoms with E-state index in [1.165, 1.54) is 55.6 Å². The van der Waals surface area contributed by atoms with Crippen LogP contribution in [0.15, 0.2) is 0 Å². The van der Waals surface area contributed by atoms with Gasteiger partial charge in [0.2, 0.25) is 0 Å². The van der Waals surface area contributed by atoms with Gasteiger partial charge in [-0.3, -0.25) is 0 Å². The van der Waals surface area contributed by atoms with E-state index in [0.29, 0.717) is 6.04 Å². The normalized spacial score (nSPS) is 25.1. The van der Waals surface area contributed by atoms with Gasteiger partial charge in [-0.25, -0.2) is 4.98 Å². The topological polar surface area (TPSA) is 24.9 Å². The third-order valence-electron chi connectivity index (χ3n) is 4.13. The molecule has 0 aliphatic heterocycles. The van der Waals surface area contributed by atoms with Crippen molar-refractivity contribution in [3.8, 4) is 0 Å². The smallest absolute Gasteiger partial charge is 0.0962 e. The molecular formula is C14H22N2S. The van der Waals surface area contributed by atoms with Crippen molar-refractivity contribution in [2.75, 3.05) is 6.54 Å². The largest absolute Gasteiger partial charge is 0.309 e. The van der Waals surface area contributed by atoms with Crippen LogP contribution in [-0.4, -0.2) is 11.5 Å². The summed E-state index contributed by atoms with van der Waals surface area (Å²) in [5.74, 6) is 0.785. The second kappa shape index (κ2) is 5.07. The Hall–Kier alpha value is -0.410. The molecule has 1 heterocycles. The van der Waals surface area contributed by atoms with Gasteiger partial charge in [0.25, 0.3) is 0 Å². The molecule has 0 radical (unpaired) electrons. The molecule has 0 amide bonds. The van der Waals surface area contributed by atoms with Crippen LogP contribution in [0.5, 0.6) is 0 Å². The van der Waals surface area contributed by atoms with Crippen molar-refractivity contribution in [3.05, 3.63) is 15.6 Å². The fraction of sp³-hybridized carbons (Fsp3) is 0.786. The summed E-state index contributed by atoms with van der Waals surface area (Å²) in [6, 6.07) is 0.537. The maximum absolute atomic E-state index is 4.99. The zero-order valence-corrected chi connectivity index (χ0v) is 11.5. The highest BCUT2D eigenvalue weighted by atomic mass is 32.1. The molecule has 1 N–H and O–H groups in total. The minimum Gasteiger partial charge on any atom is -0.309 e. The molecule has 3 heteroatoms. The zero-order valence-electron chi connectivity index (χ0n) is 10.7. The van der Waals surface area contributed by atoms with Gasteiger partial charge in [0.05, 0.1) is 16.7 Å². The Labute approximate surface area is 108 Å². The van der Waals surface area contributed by atoms with Crippen LogP contribution in [0.2, 0.25) is 0 Å². The van der Waals surface area contributed by atoms with E-state index >= 15 is 0 Å². The van der Waals surface area contributed by atoms with E-state index in [0.717, 1.165) is 12.5 Å². The number of fused-ring (bicyclic) bond motifs is 1. The molecule has 1 atom stereocenters. The lowest BCUT2D eigenvalue weighted by Gasteiger charge is -2.21. The SMILES string of the molecule is CCNC1CCCc2sc(C3CCCC3)nc21. The highest BCUT2D eigenvalue weighted by Crippen LogP contribution is 2.40. The molecule has 17 heavy (non-hydrogen) atoms. The lowest BCUT2D eigenvalue weighted by molar-refractivity contribution is 0.464. The van der Waals surface area contributed by atoms with Crippen molar-refractivity contribution in [2.24, 2.45) is 0 Å². The predicted molar refractivity (Wildman–Crippen MR) is 72.7 cm³/mol. The van der Waals surface area contributed by atoms with Crippen molar-refractivity contribution < 1.29 is 0 Å². The van der Waals surface area contributed by atoms with Gasteiger partial charge in [-0.05, 0) is 38.6 Å². The summed E-state index contributed by atoms with van der Waals surface area (Å²) in [4.78, 5) is 6.56. The number of thiazole rings is 1. The molecule has 0 bridgehead atoms. The summed E-state index contributed by atoms with van der Waals surface area (Å²) in [7, 11) is 0. The number of hydrogen-bond donors (Lipinski definition) is 1. The molecule has 1 aromatic heterocycles. The highest BCUT2D eigenvalue weighted by Gasteiger charge is 2.27. The molecule has 94 valence electrons. The van der Waals surface area contributed by atoms with Crippen LogP contribution in [0.1, 0.15) is 73.0 Å². The number of hydrogen-bond acceptors (Lipinski definition) is 3. The van der Waals surface area contributed by atoms with Crippen LogP contribution in [0.25, 0.3) is 0 Å². The first-order valence-electron chi connectivity index (χ1n) is 7.11. The molecule has 1 unspecified atom stereocenters. The molecule has 1 fully saturated rings. The summed E-state index contributed by atoms with van der Waals surface area (Å²) in [5, 5.41) is 5.03. The Bertz CT molecular complexity index is 380. The summed E-state index contributed by atoms with van der Waals surface area (Å²) in [6.07, 6.45) is 9.43. The van der Waals surface area contributed by atoms with Gasteiger partial charge in [-0.1, -0.05) is 19.8 Å². The average Bonchev–Trinajstić information content (AvgIpc) is 2.98. The number of rotatable bonds is 3. The highest BCUT2D eigenvalue weighted by molar-refractivity contribution is 7.11. The van der Waals surface area contributed by atoms with E-state index < -0.39 is 0 Å². The first kappa shape index (κ1) is 11.7. The Balaban J connectivity index is 1.84. The number of aryl methyl sites for hydroxylation is 1. The standard InChI is InChI=1S/C14H22N2S/c1-2-15-11-8-5-9-12-13(11)16-14(17-12)10-6-3-4-7-10/h10-11,15H,2-9H2,1H3. The van der Waals surface area contributed by atoms with E-state index in [9.17, 15) is 0 Å². The molecule has 0 aromatic carbocycles. The third kappa shape index (κ3) is 2.27. The van der Waals surface area contributed by atoms with Crippen LogP contribution in [-0.2, 0) is 6.42 Å². The molecule has 1 saturated carbocycles. The van der Waals surface area contributed by atoms with E-state index in [4.69, 9.17) is 4.98 Å². The molecule has 3 rings (SSSR count). The van der Waals surface area contributed by atoms with E-state index in [1.54, 1.807) is 4.88 Å². The van der Waals surface area contributed by atoms with Crippen LogP contribution >= 0.6 is 11.3 Å². The minimum absolute atomic E-state index is 0.537. The fourth-order valence-electron chi connectivity index (χ4n) is 3.23. The molecule has 2 aliphatic rings. The Morgan fingerprint density at radius 3 is 2.82 bits per heavy atom. The fourth-order valence-corrected chi connectivity index (χ4v) is 4.57. The quantitative estimate of drug-likeness (QED) is 0.883. The first-order valence-corrected chi connectivity index (χ1v) is 7.93. The van der Waals surface area contributed by atoms with Gasteiger partial charge in [0.15, 0.2) is 0 Å². The molecule has 1 aromatic rings. The van der Waals surface area contributed by atoms with Gasteiger partial charge in [-0.15, -0.1) is 11.3 Å². The molecule has 0 saturated heterocycles. The van der Waals surface area contributed by atoms with Crippen LogP contribution < -0.4 is 5.32 Å². The maximum atomic E-state index is 4.99. The van der Waals surface area contributed by atoms with Gasteiger partial charge in [0, 0.05) is 10.8 Å². The number of nitrogens with one attached hydrogen (secondary N) is 1. The number of nitrogens with zero attached hydrogens (tertiary/aromatic N) is 1. The van der Waals surface area contributed by atoms with Crippen molar-refractivity contribution in [1.29, 1.82) is 0 Å². The van der Waals surface area contributed by atoms with Crippen molar-refractivity contribution >= 4 is 11.3 Å². The van der Waals surface area contributed by atoms with Gasteiger partial charge < -0.3 is 5.32 Å². The summed E-state index contributed by atoms with van der Waals surface area (Å²) in [6.45, 7) is 3.25. The van der Waals surface area contributed by atoms with Crippen LogP contribution in [0.4, 0.5) is 0 Å².